The van der Waals surface area contributed by atoms with E-state index in [9.17, 15) is 14.7 Å². The van der Waals surface area contributed by atoms with Crippen molar-refractivity contribution in [2.75, 3.05) is 0 Å². The number of aliphatic hydroxyl groups is 1. The molecule has 1 rings (SSSR count). The van der Waals surface area contributed by atoms with Crippen LogP contribution < -0.4 is 0 Å². The molecule has 2 N–H and O–H groups in total. The molecule has 0 aromatic rings. The van der Waals surface area contributed by atoms with Crippen molar-refractivity contribution >= 4 is 11.8 Å². The van der Waals surface area contributed by atoms with Crippen molar-refractivity contribution in [3.8, 4) is 0 Å². The van der Waals surface area contributed by atoms with Gasteiger partial charge >= 0.3 is 5.97 Å². The van der Waals surface area contributed by atoms with Crippen molar-refractivity contribution in [1.82, 2.24) is 0 Å². The first-order chi connectivity index (χ1) is 10.0. The summed E-state index contributed by atoms with van der Waals surface area (Å²) in [5.74, 6) is -0.208. The molecule has 21 heavy (non-hydrogen) atoms. The lowest BCUT2D eigenvalue weighted by molar-refractivity contribution is -0.137. The van der Waals surface area contributed by atoms with Crippen LogP contribution in [0.3, 0.4) is 0 Å². The van der Waals surface area contributed by atoms with Gasteiger partial charge in [0.25, 0.3) is 0 Å². The van der Waals surface area contributed by atoms with Gasteiger partial charge in [-0.1, -0.05) is 25.2 Å². The Kier molecular flexibility index (Phi) is 7.98. The van der Waals surface area contributed by atoms with Crippen molar-refractivity contribution in [2.24, 2.45) is 11.8 Å². The van der Waals surface area contributed by atoms with Gasteiger partial charge in [-0.25, -0.2) is 0 Å². The Labute approximate surface area is 126 Å². The second-order valence-electron chi connectivity index (χ2n) is 5.64. The summed E-state index contributed by atoms with van der Waals surface area (Å²) in [7, 11) is 0. The quantitative estimate of drug-likeness (QED) is 0.389. The Morgan fingerprint density at radius 2 is 2.00 bits per heavy atom. The number of rotatable bonds is 9. The van der Waals surface area contributed by atoms with Crippen molar-refractivity contribution < 1.29 is 19.8 Å². The Bertz CT molecular complexity index is 398. The highest BCUT2D eigenvalue weighted by atomic mass is 16.4. The fourth-order valence-electron chi connectivity index (χ4n) is 2.74. The first kappa shape index (κ1) is 17.6. The summed E-state index contributed by atoms with van der Waals surface area (Å²) in [5.41, 5.74) is 0. The van der Waals surface area contributed by atoms with Crippen LogP contribution in [0.1, 0.15) is 51.9 Å². The fraction of sp³-hybridized carbons (Fsp3) is 0.647. The second-order valence-corrected chi connectivity index (χ2v) is 5.64. The van der Waals surface area contributed by atoms with E-state index in [2.05, 4.69) is 0 Å². The van der Waals surface area contributed by atoms with E-state index in [1.54, 1.807) is 6.08 Å². The third-order valence-corrected chi connectivity index (χ3v) is 4.05. The lowest BCUT2D eigenvalue weighted by atomic mass is 9.90. The predicted octanol–water partition coefficient (Wildman–Crippen LogP) is 3.11. The van der Waals surface area contributed by atoms with Crippen LogP contribution in [-0.2, 0) is 9.59 Å². The molecule has 0 heterocycles. The van der Waals surface area contributed by atoms with Crippen LogP contribution >= 0.6 is 0 Å². The number of carbonyl (C=O) groups excluding carboxylic acids is 1. The smallest absolute Gasteiger partial charge is 0.303 e. The minimum absolute atomic E-state index is 0.124. The van der Waals surface area contributed by atoms with Crippen LogP contribution in [0.25, 0.3) is 0 Å². The van der Waals surface area contributed by atoms with E-state index in [0.29, 0.717) is 12.8 Å². The van der Waals surface area contributed by atoms with Gasteiger partial charge in [0.05, 0.1) is 6.10 Å². The topological polar surface area (TPSA) is 74.6 Å². The molecule has 1 fully saturated rings. The highest BCUT2D eigenvalue weighted by Gasteiger charge is 2.32. The van der Waals surface area contributed by atoms with E-state index in [0.717, 1.165) is 25.7 Å². The molecule has 0 aromatic heterocycles. The molecule has 1 aliphatic carbocycles. The number of aliphatic carboxylic acids is 1. The average Bonchev–Trinajstić information content (AvgIpc) is 2.80. The monoisotopic (exact) mass is 294 g/mol. The van der Waals surface area contributed by atoms with Gasteiger partial charge in [0, 0.05) is 12.8 Å². The van der Waals surface area contributed by atoms with E-state index in [1.165, 1.54) is 0 Å². The van der Waals surface area contributed by atoms with E-state index < -0.39 is 5.97 Å². The summed E-state index contributed by atoms with van der Waals surface area (Å²) < 4.78 is 0. The van der Waals surface area contributed by atoms with Crippen LogP contribution in [0.15, 0.2) is 24.3 Å². The van der Waals surface area contributed by atoms with Crippen LogP contribution in [0.5, 0.6) is 0 Å². The zero-order valence-corrected chi connectivity index (χ0v) is 12.7. The summed E-state index contributed by atoms with van der Waals surface area (Å²) in [5, 5.41) is 18.6. The average molecular weight is 294 g/mol. The van der Waals surface area contributed by atoms with E-state index >= 15 is 0 Å². The molecule has 1 aliphatic rings. The van der Waals surface area contributed by atoms with Crippen LogP contribution in [0.2, 0.25) is 0 Å². The molecular weight excluding hydrogens is 268 g/mol. The molecule has 0 aliphatic heterocycles. The van der Waals surface area contributed by atoms with Crippen molar-refractivity contribution in [3.63, 3.8) is 0 Å². The Balaban J connectivity index is 2.39. The molecule has 118 valence electrons. The third kappa shape index (κ3) is 6.71. The number of unbranched alkanes of at least 4 members (excludes halogenated alkanes) is 1. The van der Waals surface area contributed by atoms with E-state index in [-0.39, 0.29) is 30.1 Å². The zero-order chi connectivity index (χ0) is 15.7. The summed E-state index contributed by atoms with van der Waals surface area (Å²) in [6.07, 6.45) is 11.9. The highest BCUT2D eigenvalue weighted by Crippen LogP contribution is 2.35. The molecule has 1 saturated carbocycles. The van der Waals surface area contributed by atoms with Crippen LogP contribution in [-0.4, -0.2) is 28.1 Å². The number of hydrogen-bond acceptors (Lipinski definition) is 3. The second kappa shape index (κ2) is 9.50. The van der Waals surface area contributed by atoms with Gasteiger partial charge in [0.1, 0.15) is 0 Å². The van der Waals surface area contributed by atoms with Gasteiger partial charge < -0.3 is 10.2 Å². The Hall–Kier alpha value is -1.42. The van der Waals surface area contributed by atoms with Gasteiger partial charge in [-0.15, -0.1) is 0 Å². The zero-order valence-electron chi connectivity index (χ0n) is 12.7. The molecule has 4 nitrogen and oxygen atoms in total. The molecule has 0 amide bonds. The van der Waals surface area contributed by atoms with Crippen molar-refractivity contribution in [2.45, 2.75) is 58.0 Å². The van der Waals surface area contributed by atoms with Crippen LogP contribution in [0.4, 0.5) is 0 Å². The Morgan fingerprint density at radius 3 is 2.67 bits per heavy atom. The maximum Gasteiger partial charge on any atom is 0.303 e. The largest absolute Gasteiger partial charge is 0.481 e. The SMILES string of the molecule is CCC(=O)/C=C/C1CCC(O)C1C/C=C/CCCC(=O)O. The maximum atomic E-state index is 11.3. The normalized spacial score (nSPS) is 25.9. The number of aliphatic hydroxyl groups excluding tert-OH is 1. The molecule has 3 unspecified atom stereocenters. The number of carboxylic acid groups (broad SMARTS) is 1. The maximum absolute atomic E-state index is 11.3. The van der Waals surface area contributed by atoms with E-state index in [4.69, 9.17) is 5.11 Å². The number of hydrogen-bond donors (Lipinski definition) is 2. The molecule has 0 saturated heterocycles. The van der Waals surface area contributed by atoms with Gasteiger partial charge in [-0.2, -0.15) is 0 Å². The van der Waals surface area contributed by atoms with Crippen molar-refractivity contribution in [3.05, 3.63) is 24.3 Å². The minimum Gasteiger partial charge on any atom is -0.481 e. The van der Waals surface area contributed by atoms with Gasteiger partial charge in [0.2, 0.25) is 0 Å². The van der Waals surface area contributed by atoms with Gasteiger partial charge in [0.15, 0.2) is 5.78 Å². The number of carbonyl (C=O) groups is 2. The molecule has 3 atom stereocenters. The number of allylic oxidation sites excluding steroid dienone is 4. The first-order valence-corrected chi connectivity index (χ1v) is 7.80. The predicted molar refractivity (Wildman–Crippen MR) is 81.9 cm³/mol. The van der Waals surface area contributed by atoms with Gasteiger partial charge in [-0.05, 0) is 50.0 Å². The summed E-state index contributed by atoms with van der Waals surface area (Å²) in [6.45, 7) is 1.84. The summed E-state index contributed by atoms with van der Waals surface area (Å²) in [4.78, 5) is 21.7. The molecule has 0 aromatic carbocycles. The fourth-order valence-corrected chi connectivity index (χ4v) is 2.74. The summed E-state index contributed by atoms with van der Waals surface area (Å²) >= 11 is 0. The van der Waals surface area contributed by atoms with Crippen LogP contribution in [0, 0.1) is 11.8 Å². The molecular formula is C17H26O4. The highest BCUT2D eigenvalue weighted by molar-refractivity contribution is 5.89. The molecule has 4 heteroatoms. The van der Waals surface area contributed by atoms with Gasteiger partial charge in [-0.3, -0.25) is 9.59 Å². The molecule has 0 bridgehead atoms. The third-order valence-electron chi connectivity index (χ3n) is 4.05. The standard InChI is InChI=1S/C17H26O4/c1-2-14(18)11-9-13-10-12-16(19)15(13)7-5-3-4-6-8-17(20)21/h3,5,9,11,13,15-16,19H,2,4,6-8,10,12H2,1H3,(H,20,21)/b5-3+,11-9+. The minimum atomic E-state index is -0.764. The van der Waals surface area contributed by atoms with E-state index in [1.807, 2.05) is 25.2 Å². The Morgan fingerprint density at radius 1 is 1.24 bits per heavy atom. The molecule has 0 spiro atoms. The lowest BCUT2D eigenvalue weighted by Crippen LogP contribution is -2.17. The number of ketones is 1. The van der Waals surface area contributed by atoms with Crippen molar-refractivity contribution in [1.29, 1.82) is 0 Å². The number of carboxylic acids is 1. The summed E-state index contributed by atoms with van der Waals surface area (Å²) in [6, 6.07) is 0. The lowest BCUT2D eigenvalue weighted by Gasteiger charge is -2.17. The first-order valence-electron chi connectivity index (χ1n) is 7.80. The molecule has 0 radical (unpaired) electrons.